The Hall–Kier alpha value is -3.22. The molecule has 1 atom stereocenters. The molecule has 1 aliphatic heterocycles. The molecule has 2 fully saturated rings. The third-order valence-corrected chi connectivity index (χ3v) is 5.98. The fraction of sp³-hybridized carbons (Fsp3) is 0.391. The molecule has 0 spiro atoms. The topological polar surface area (TPSA) is 88.3 Å². The Morgan fingerprint density at radius 3 is 2.73 bits per heavy atom. The molecule has 3 heterocycles. The van der Waals surface area contributed by atoms with Crippen LogP contribution in [0.4, 0.5) is 5.69 Å². The van der Waals surface area contributed by atoms with Gasteiger partial charge in [0, 0.05) is 30.4 Å². The molecule has 1 saturated carbocycles. The summed E-state index contributed by atoms with van der Waals surface area (Å²) in [7, 11) is 0. The van der Waals surface area contributed by atoms with E-state index >= 15 is 0 Å². The van der Waals surface area contributed by atoms with Crippen molar-refractivity contribution < 1.29 is 14.1 Å². The van der Waals surface area contributed by atoms with Crippen LogP contribution in [-0.4, -0.2) is 39.9 Å². The highest BCUT2D eigenvalue weighted by Gasteiger charge is 2.33. The lowest BCUT2D eigenvalue weighted by Gasteiger charge is -2.32. The van der Waals surface area contributed by atoms with Gasteiger partial charge in [0.15, 0.2) is 0 Å². The van der Waals surface area contributed by atoms with E-state index < -0.39 is 0 Å². The van der Waals surface area contributed by atoms with Gasteiger partial charge in [0.2, 0.25) is 5.91 Å². The summed E-state index contributed by atoms with van der Waals surface area (Å²) in [5.41, 5.74) is 3.35. The number of nitrogens with zero attached hydrogens (tertiary/aromatic N) is 3. The van der Waals surface area contributed by atoms with E-state index in [1.54, 1.807) is 4.90 Å². The average molecular weight is 404 g/mol. The standard InChI is InChI=1S/C23H24N4O3/c1-14-20-18(12-19(15-9-10-15)25-22(20)30-26-14)23(29)27-11-5-6-16(13-27)21(28)24-17-7-3-2-4-8-17/h2-4,7-8,12,15-16H,5-6,9-11,13H2,1H3,(H,24,28). The summed E-state index contributed by atoms with van der Waals surface area (Å²) in [6.07, 6.45) is 3.74. The van der Waals surface area contributed by atoms with Crippen molar-refractivity contribution in [2.75, 3.05) is 18.4 Å². The molecular weight excluding hydrogens is 380 g/mol. The van der Waals surface area contributed by atoms with Crippen molar-refractivity contribution in [3.63, 3.8) is 0 Å². The lowest BCUT2D eigenvalue weighted by Crippen LogP contribution is -2.43. The number of aromatic nitrogens is 2. The molecule has 2 aliphatic rings. The second-order valence-electron chi connectivity index (χ2n) is 8.26. The van der Waals surface area contributed by atoms with Crippen molar-refractivity contribution >= 4 is 28.6 Å². The number of carbonyl (C=O) groups is 2. The maximum Gasteiger partial charge on any atom is 0.259 e. The lowest BCUT2D eigenvalue weighted by molar-refractivity contribution is -0.121. The minimum Gasteiger partial charge on any atom is -0.338 e. The van der Waals surface area contributed by atoms with Gasteiger partial charge in [-0.15, -0.1) is 0 Å². The zero-order chi connectivity index (χ0) is 20.7. The number of hydrogen-bond acceptors (Lipinski definition) is 5. The molecule has 5 rings (SSSR count). The number of amides is 2. The molecule has 30 heavy (non-hydrogen) atoms. The van der Waals surface area contributed by atoms with Crippen molar-refractivity contribution in [1.82, 2.24) is 15.0 Å². The van der Waals surface area contributed by atoms with Crippen LogP contribution in [0.1, 0.15) is 53.3 Å². The zero-order valence-electron chi connectivity index (χ0n) is 16.9. The van der Waals surface area contributed by atoms with Crippen LogP contribution in [0.3, 0.4) is 0 Å². The van der Waals surface area contributed by atoms with Gasteiger partial charge in [-0.05, 0) is 50.8 Å². The van der Waals surface area contributed by atoms with Gasteiger partial charge in [0.1, 0.15) is 0 Å². The number of likely N-dealkylation sites (tertiary alicyclic amines) is 1. The molecule has 7 nitrogen and oxygen atoms in total. The third-order valence-electron chi connectivity index (χ3n) is 5.98. The Kier molecular flexibility index (Phi) is 4.73. The van der Waals surface area contributed by atoms with Gasteiger partial charge in [-0.25, -0.2) is 4.98 Å². The van der Waals surface area contributed by atoms with Crippen molar-refractivity contribution in [3.8, 4) is 0 Å². The molecule has 1 aromatic carbocycles. The van der Waals surface area contributed by atoms with Crippen LogP contribution >= 0.6 is 0 Å². The van der Waals surface area contributed by atoms with Gasteiger partial charge in [-0.3, -0.25) is 9.59 Å². The van der Waals surface area contributed by atoms with Gasteiger partial charge < -0.3 is 14.7 Å². The number of hydrogen-bond donors (Lipinski definition) is 1. The summed E-state index contributed by atoms with van der Waals surface area (Å²) < 4.78 is 5.38. The molecule has 0 radical (unpaired) electrons. The molecule has 3 aromatic rings. The van der Waals surface area contributed by atoms with Gasteiger partial charge in [0.05, 0.1) is 22.6 Å². The van der Waals surface area contributed by atoms with Gasteiger partial charge in [-0.1, -0.05) is 23.4 Å². The van der Waals surface area contributed by atoms with Gasteiger partial charge in [0.25, 0.3) is 11.6 Å². The minimum atomic E-state index is -0.230. The fourth-order valence-corrected chi connectivity index (χ4v) is 4.18. The Labute approximate surface area is 174 Å². The smallest absolute Gasteiger partial charge is 0.259 e. The number of nitrogens with one attached hydrogen (secondary N) is 1. The van der Waals surface area contributed by atoms with E-state index in [2.05, 4.69) is 15.5 Å². The summed E-state index contributed by atoms with van der Waals surface area (Å²) in [6.45, 7) is 2.87. The van der Waals surface area contributed by atoms with Gasteiger partial charge in [-0.2, -0.15) is 0 Å². The number of pyridine rings is 1. The maximum atomic E-state index is 13.5. The second-order valence-corrected chi connectivity index (χ2v) is 8.26. The molecule has 1 N–H and O–H groups in total. The summed E-state index contributed by atoms with van der Waals surface area (Å²) in [4.78, 5) is 32.6. The summed E-state index contributed by atoms with van der Waals surface area (Å²) in [5, 5.41) is 7.67. The Morgan fingerprint density at radius 1 is 1.17 bits per heavy atom. The number of benzene rings is 1. The fourth-order valence-electron chi connectivity index (χ4n) is 4.18. The van der Waals surface area contributed by atoms with Crippen LogP contribution in [0, 0.1) is 12.8 Å². The largest absolute Gasteiger partial charge is 0.338 e. The summed E-state index contributed by atoms with van der Waals surface area (Å²) in [5.74, 6) is 0.0510. The SMILES string of the molecule is Cc1noc2nc(C3CC3)cc(C(=O)N3CCCC(C(=O)Nc4ccccc4)C3)c12. The minimum absolute atomic E-state index is 0.0431. The zero-order valence-corrected chi connectivity index (χ0v) is 16.9. The van der Waals surface area contributed by atoms with Crippen molar-refractivity contribution in [1.29, 1.82) is 0 Å². The molecule has 2 aromatic heterocycles. The van der Waals surface area contributed by atoms with Crippen molar-refractivity contribution in [2.24, 2.45) is 5.92 Å². The quantitative estimate of drug-likeness (QED) is 0.712. The molecule has 1 saturated heterocycles. The molecular formula is C23H24N4O3. The van der Waals surface area contributed by atoms with E-state index in [1.807, 2.05) is 43.3 Å². The first-order valence-electron chi connectivity index (χ1n) is 10.5. The predicted octanol–water partition coefficient (Wildman–Crippen LogP) is 3.90. The highest BCUT2D eigenvalue weighted by Crippen LogP contribution is 2.40. The van der Waals surface area contributed by atoms with Crippen LogP contribution in [0.25, 0.3) is 11.1 Å². The van der Waals surface area contributed by atoms with E-state index in [9.17, 15) is 9.59 Å². The van der Waals surface area contributed by atoms with E-state index in [4.69, 9.17) is 4.52 Å². The first-order chi connectivity index (χ1) is 14.6. The monoisotopic (exact) mass is 404 g/mol. The van der Waals surface area contributed by atoms with Gasteiger partial charge >= 0.3 is 0 Å². The van der Waals surface area contributed by atoms with Crippen LogP contribution in [0.5, 0.6) is 0 Å². The Balaban J connectivity index is 1.38. The number of fused-ring (bicyclic) bond motifs is 1. The van der Waals surface area contributed by atoms with Crippen molar-refractivity contribution in [3.05, 3.63) is 53.3 Å². The molecule has 1 unspecified atom stereocenters. The van der Waals surface area contributed by atoms with Crippen LogP contribution in [0.15, 0.2) is 40.9 Å². The number of para-hydroxylation sites is 1. The van der Waals surface area contributed by atoms with Crippen LogP contribution in [-0.2, 0) is 4.79 Å². The molecule has 2 amide bonds. The molecule has 0 bridgehead atoms. The highest BCUT2D eigenvalue weighted by molar-refractivity contribution is 6.06. The van der Waals surface area contributed by atoms with Crippen LogP contribution < -0.4 is 5.32 Å². The normalized spacial score (nSPS) is 19.1. The lowest BCUT2D eigenvalue weighted by atomic mass is 9.96. The molecule has 1 aliphatic carbocycles. The van der Waals surface area contributed by atoms with E-state index in [0.717, 1.165) is 37.1 Å². The molecule has 7 heteroatoms. The predicted molar refractivity (Wildman–Crippen MR) is 112 cm³/mol. The number of piperidine rings is 1. The van der Waals surface area contributed by atoms with E-state index in [0.29, 0.717) is 41.4 Å². The molecule has 154 valence electrons. The third kappa shape index (κ3) is 3.56. The van der Waals surface area contributed by atoms with Crippen molar-refractivity contribution in [2.45, 2.75) is 38.5 Å². The van der Waals surface area contributed by atoms with Crippen LogP contribution in [0.2, 0.25) is 0 Å². The number of rotatable bonds is 4. The highest BCUT2D eigenvalue weighted by atomic mass is 16.5. The first kappa shape index (κ1) is 18.8. The average Bonchev–Trinajstić information content (AvgIpc) is 3.56. The number of aryl methyl sites for hydroxylation is 1. The Morgan fingerprint density at radius 2 is 1.97 bits per heavy atom. The number of carbonyl (C=O) groups excluding carboxylic acids is 2. The van der Waals surface area contributed by atoms with E-state index in [1.165, 1.54) is 0 Å². The summed E-state index contributed by atoms with van der Waals surface area (Å²) >= 11 is 0. The number of anilines is 1. The van der Waals surface area contributed by atoms with E-state index in [-0.39, 0.29) is 17.7 Å². The Bertz CT molecular complexity index is 1100. The maximum absolute atomic E-state index is 13.5. The second kappa shape index (κ2) is 7.55. The first-order valence-corrected chi connectivity index (χ1v) is 10.5. The summed E-state index contributed by atoms with van der Waals surface area (Å²) in [6, 6.07) is 11.3.